The van der Waals surface area contributed by atoms with Crippen molar-refractivity contribution in [1.29, 1.82) is 0 Å². The van der Waals surface area contributed by atoms with E-state index in [1.165, 1.54) is 6.07 Å². The van der Waals surface area contributed by atoms with Crippen molar-refractivity contribution in [3.05, 3.63) is 59.7 Å². The molecule has 1 aliphatic rings. The highest BCUT2D eigenvalue weighted by Crippen LogP contribution is 2.27. The molecular formula is C19H19F2N3O3. The number of fused-ring (bicyclic) bond motifs is 1. The summed E-state index contributed by atoms with van der Waals surface area (Å²) in [5, 5.41) is 5.03. The molecule has 1 heterocycles. The summed E-state index contributed by atoms with van der Waals surface area (Å²) in [6.45, 7) is 0.700. The molecule has 0 spiro atoms. The molecule has 0 saturated carbocycles. The highest BCUT2D eigenvalue weighted by Gasteiger charge is 2.23. The van der Waals surface area contributed by atoms with E-state index in [9.17, 15) is 18.4 Å². The van der Waals surface area contributed by atoms with Crippen LogP contribution < -0.4 is 20.3 Å². The number of nitrogens with one attached hydrogen (secondary N) is 2. The second kappa shape index (κ2) is 8.48. The lowest BCUT2D eigenvalue weighted by atomic mass is 10.2. The Morgan fingerprint density at radius 3 is 2.70 bits per heavy atom. The maximum absolute atomic E-state index is 13.0. The number of para-hydroxylation sites is 1. The molecular weight excluding hydrogens is 356 g/mol. The monoisotopic (exact) mass is 375 g/mol. The highest BCUT2D eigenvalue weighted by atomic mass is 19.2. The molecule has 6 nitrogen and oxygen atoms in total. The first-order valence-corrected chi connectivity index (χ1v) is 8.52. The van der Waals surface area contributed by atoms with E-state index in [0.29, 0.717) is 6.54 Å². The minimum absolute atomic E-state index is 0.0753. The molecule has 0 saturated heterocycles. The Kier molecular flexibility index (Phi) is 5.85. The van der Waals surface area contributed by atoms with E-state index in [2.05, 4.69) is 10.6 Å². The molecule has 142 valence electrons. The minimum Gasteiger partial charge on any atom is -0.492 e. The van der Waals surface area contributed by atoms with Crippen molar-refractivity contribution in [3.8, 4) is 5.75 Å². The van der Waals surface area contributed by atoms with Crippen molar-refractivity contribution in [2.75, 3.05) is 31.1 Å². The van der Waals surface area contributed by atoms with Gasteiger partial charge in [-0.2, -0.15) is 0 Å². The summed E-state index contributed by atoms with van der Waals surface area (Å²) in [4.78, 5) is 25.7. The van der Waals surface area contributed by atoms with Crippen LogP contribution in [0.5, 0.6) is 5.75 Å². The first-order chi connectivity index (χ1) is 13.0. The molecule has 0 atom stereocenters. The third-order valence-electron chi connectivity index (χ3n) is 4.14. The molecule has 0 radical (unpaired) electrons. The largest absolute Gasteiger partial charge is 0.492 e. The number of hydrogen-bond donors (Lipinski definition) is 2. The summed E-state index contributed by atoms with van der Waals surface area (Å²) in [5.74, 6) is -1.97. The molecule has 2 aromatic rings. The van der Waals surface area contributed by atoms with Crippen molar-refractivity contribution in [2.24, 2.45) is 0 Å². The first-order valence-electron chi connectivity index (χ1n) is 8.52. The summed E-state index contributed by atoms with van der Waals surface area (Å²) in [7, 11) is 0. The van der Waals surface area contributed by atoms with Crippen LogP contribution >= 0.6 is 0 Å². The van der Waals surface area contributed by atoms with E-state index < -0.39 is 17.7 Å². The topological polar surface area (TPSA) is 70.7 Å². The number of ether oxygens (including phenoxy) is 1. The summed E-state index contributed by atoms with van der Waals surface area (Å²) in [6, 6.07) is 10.4. The van der Waals surface area contributed by atoms with E-state index in [-0.39, 0.29) is 31.4 Å². The van der Waals surface area contributed by atoms with Crippen LogP contribution in [0.15, 0.2) is 42.5 Å². The molecule has 27 heavy (non-hydrogen) atoms. The third kappa shape index (κ3) is 4.72. The number of hydrogen-bond acceptors (Lipinski definition) is 3. The smallest absolute Gasteiger partial charge is 0.315 e. The number of nitrogens with zero attached hydrogens (tertiary/aromatic N) is 1. The SMILES string of the molecule is O=C(NCCOc1ccc(F)c(F)c1)NCC(=O)N1CCc2ccccc21. The van der Waals surface area contributed by atoms with Gasteiger partial charge in [-0.1, -0.05) is 18.2 Å². The van der Waals surface area contributed by atoms with Crippen LogP contribution in [0.1, 0.15) is 5.56 Å². The summed E-state index contributed by atoms with van der Waals surface area (Å²) in [5.41, 5.74) is 1.99. The van der Waals surface area contributed by atoms with Gasteiger partial charge in [0.2, 0.25) is 5.91 Å². The van der Waals surface area contributed by atoms with Crippen LogP contribution in [-0.2, 0) is 11.2 Å². The van der Waals surface area contributed by atoms with E-state index in [1.54, 1.807) is 4.90 Å². The maximum Gasteiger partial charge on any atom is 0.315 e. The van der Waals surface area contributed by atoms with Crippen molar-refractivity contribution in [3.63, 3.8) is 0 Å². The molecule has 8 heteroatoms. The van der Waals surface area contributed by atoms with Gasteiger partial charge in [-0.25, -0.2) is 13.6 Å². The predicted octanol–water partition coefficient (Wildman–Crippen LogP) is 2.23. The Morgan fingerprint density at radius 1 is 1.07 bits per heavy atom. The van der Waals surface area contributed by atoms with Gasteiger partial charge in [0.25, 0.3) is 0 Å². The van der Waals surface area contributed by atoms with Gasteiger partial charge in [0.05, 0.1) is 13.1 Å². The molecule has 0 fully saturated rings. The van der Waals surface area contributed by atoms with Gasteiger partial charge in [0, 0.05) is 18.3 Å². The highest BCUT2D eigenvalue weighted by molar-refractivity contribution is 5.98. The standard InChI is InChI=1S/C19H19F2N3O3/c20-15-6-5-14(11-16(15)21)27-10-8-22-19(26)23-12-18(25)24-9-7-13-3-1-2-4-17(13)24/h1-6,11H,7-10,12H2,(H2,22,23,26). The lowest BCUT2D eigenvalue weighted by molar-refractivity contribution is -0.117. The molecule has 2 N–H and O–H groups in total. The molecule has 0 bridgehead atoms. The number of benzene rings is 2. The van der Waals surface area contributed by atoms with Crippen molar-refractivity contribution in [2.45, 2.75) is 6.42 Å². The Bertz CT molecular complexity index is 845. The van der Waals surface area contributed by atoms with E-state index in [4.69, 9.17) is 4.74 Å². The fourth-order valence-corrected chi connectivity index (χ4v) is 2.81. The van der Waals surface area contributed by atoms with Crippen LogP contribution in [0.2, 0.25) is 0 Å². The molecule has 1 aliphatic heterocycles. The predicted molar refractivity (Wildman–Crippen MR) is 95.8 cm³/mol. The second-order valence-corrected chi connectivity index (χ2v) is 5.96. The van der Waals surface area contributed by atoms with E-state index >= 15 is 0 Å². The summed E-state index contributed by atoms with van der Waals surface area (Å²) >= 11 is 0. The lowest BCUT2D eigenvalue weighted by Crippen LogP contribution is -2.44. The van der Waals surface area contributed by atoms with Gasteiger partial charge < -0.3 is 20.3 Å². The Balaban J connectivity index is 1.36. The van der Waals surface area contributed by atoms with Gasteiger partial charge in [-0.3, -0.25) is 4.79 Å². The zero-order chi connectivity index (χ0) is 19.2. The number of amides is 3. The number of rotatable bonds is 6. The summed E-state index contributed by atoms with van der Waals surface area (Å²) in [6.07, 6.45) is 0.801. The van der Waals surface area contributed by atoms with Crippen LogP contribution in [-0.4, -0.2) is 38.2 Å². The number of carbonyl (C=O) groups is 2. The normalized spacial score (nSPS) is 12.4. The van der Waals surface area contributed by atoms with Crippen LogP contribution in [0.3, 0.4) is 0 Å². The Labute approximate surface area is 155 Å². The molecule has 3 amide bonds. The van der Waals surface area contributed by atoms with Crippen LogP contribution in [0.25, 0.3) is 0 Å². The maximum atomic E-state index is 13.0. The van der Waals surface area contributed by atoms with Crippen LogP contribution in [0, 0.1) is 11.6 Å². The second-order valence-electron chi connectivity index (χ2n) is 5.96. The first kappa shape index (κ1) is 18.6. The zero-order valence-corrected chi connectivity index (χ0v) is 14.5. The van der Waals surface area contributed by atoms with Gasteiger partial charge in [-0.05, 0) is 30.2 Å². The van der Waals surface area contributed by atoms with Gasteiger partial charge in [0.1, 0.15) is 12.4 Å². The van der Waals surface area contributed by atoms with Gasteiger partial charge in [-0.15, -0.1) is 0 Å². The van der Waals surface area contributed by atoms with Gasteiger partial charge in [0.15, 0.2) is 11.6 Å². The average molecular weight is 375 g/mol. The zero-order valence-electron chi connectivity index (χ0n) is 14.5. The molecule has 0 aromatic heterocycles. The lowest BCUT2D eigenvalue weighted by Gasteiger charge is -2.17. The average Bonchev–Trinajstić information content (AvgIpc) is 3.10. The number of halogens is 2. The minimum atomic E-state index is -1.000. The Morgan fingerprint density at radius 2 is 1.89 bits per heavy atom. The van der Waals surface area contributed by atoms with Crippen LogP contribution in [0.4, 0.5) is 19.3 Å². The summed E-state index contributed by atoms with van der Waals surface area (Å²) < 4.78 is 31.1. The molecule has 0 unspecified atom stereocenters. The molecule has 3 rings (SSSR count). The number of urea groups is 1. The molecule has 0 aliphatic carbocycles. The number of carbonyl (C=O) groups excluding carboxylic acids is 2. The van der Waals surface area contributed by atoms with Crippen molar-refractivity contribution in [1.82, 2.24) is 10.6 Å². The van der Waals surface area contributed by atoms with E-state index in [0.717, 1.165) is 29.8 Å². The number of anilines is 1. The Hall–Kier alpha value is -3.16. The quantitative estimate of drug-likeness (QED) is 0.761. The fourth-order valence-electron chi connectivity index (χ4n) is 2.81. The van der Waals surface area contributed by atoms with E-state index in [1.807, 2.05) is 24.3 Å². The van der Waals surface area contributed by atoms with Crippen molar-refractivity contribution >= 4 is 17.6 Å². The van der Waals surface area contributed by atoms with Crippen molar-refractivity contribution < 1.29 is 23.1 Å². The third-order valence-corrected chi connectivity index (χ3v) is 4.14. The van der Waals surface area contributed by atoms with Gasteiger partial charge >= 0.3 is 6.03 Å². The molecule has 2 aromatic carbocycles. The fraction of sp³-hybridized carbons (Fsp3) is 0.263.